The molecule has 0 heterocycles. The van der Waals surface area contributed by atoms with Gasteiger partial charge in [0, 0.05) is 0 Å². The molecule has 0 saturated heterocycles. The van der Waals surface area contributed by atoms with Crippen LogP contribution >= 0.6 is 0 Å². The van der Waals surface area contributed by atoms with Gasteiger partial charge in [0.25, 0.3) is 0 Å². The Morgan fingerprint density at radius 1 is 1.06 bits per heavy atom. The number of carbonyl (C=O) groups excluding carboxylic acids is 2. The first kappa shape index (κ1) is 15.9. The molecule has 17 heavy (non-hydrogen) atoms. The van der Waals surface area contributed by atoms with E-state index in [1.807, 2.05) is 6.92 Å². The van der Waals surface area contributed by atoms with Gasteiger partial charge in [0.15, 0.2) is 6.10 Å². The minimum atomic E-state index is -0.667. The average Bonchev–Trinajstić information content (AvgIpc) is 2.29. The van der Waals surface area contributed by atoms with Crippen LogP contribution in [0.3, 0.4) is 0 Å². The zero-order chi connectivity index (χ0) is 13.1. The maximum Gasteiger partial charge on any atom is 0.335 e. The van der Waals surface area contributed by atoms with Crippen LogP contribution in [0.25, 0.3) is 0 Å². The van der Waals surface area contributed by atoms with Gasteiger partial charge >= 0.3 is 11.9 Å². The molecule has 1 unspecified atom stereocenters. The van der Waals surface area contributed by atoms with Crippen molar-refractivity contribution in [1.82, 2.24) is 0 Å². The Labute approximate surface area is 102 Å². The molecule has 0 aromatic heterocycles. The van der Waals surface area contributed by atoms with Crippen LogP contribution in [0.1, 0.15) is 40.0 Å². The van der Waals surface area contributed by atoms with Crippen LogP contribution in [0.2, 0.25) is 0 Å². The summed E-state index contributed by atoms with van der Waals surface area (Å²) in [5, 5.41) is 0. The largest absolute Gasteiger partial charge is 0.464 e. The Bertz CT molecular complexity index is 227. The van der Waals surface area contributed by atoms with Gasteiger partial charge in [0.05, 0.1) is 13.2 Å². The van der Waals surface area contributed by atoms with Gasteiger partial charge in [-0.25, -0.2) is 9.59 Å². The number of carbonyl (C=O) groups is 2. The number of hydrogen-bond donors (Lipinski definition) is 0. The molecule has 0 N–H and O–H groups in total. The van der Waals surface area contributed by atoms with Crippen LogP contribution in [0.5, 0.6) is 0 Å². The Hall–Kier alpha value is -1.10. The quantitative estimate of drug-likeness (QED) is 0.579. The molecular formula is C12H22O5. The van der Waals surface area contributed by atoms with Crippen molar-refractivity contribution in [3.8, 4) is 0 Å². The third-order valence-corrected chi connectivity index (χ3v) is 2.08. The summed E-state index contributed by atoms with van der Waals surface area (Å²) in [7, 11) is 0. The van der Waals surface area contributed by atoms with Gasteiger partial charge in [0.2, 0.25) is 0 Å². The fourth-order valence-electron chi connectivity index (χ4n) is 1.27. The first-order valence-corrected chi connectivity index (χ1v) is 6.09. The summed E-state index contributed by atoms with van der Waals surface area (Å²) >= 11 is 0. The Kier molecular flexibility index (Phi) is 9.43. The lowest BCUT2D eigenvalue weighted by atomic mass is 10.1. The lowest BCUT2D eigenvalue weighted by molar-refractivity contribution is -0.163. The van der Waals surface area contributed by atoms with E-state index >= 15 is 0 Å². The van der Waals surface area contributed by atoms with E-state index in [2.05, 4.69) is 0 Å². The van der Waals surface area contributed by atoms with E-state index in [-0.39, 0.29) is 6.61 Å². The normalized spacial score (nSPS) is 11.9. The van der Waals surface area contributed by atoms with Gasteiger partial charge in [-0.3, -0.25) is 0 Å². The highest BCUT2D eigenvalue weighted by Crippen LogP contribution is 2.07. The van der Waals surface area contributed by atoms with Crippen LogP contribution in [0.15, 0.2) is 0 Å². The van der Waals surface area contributed by atoms with Crippen molar-refractivity contribution in [2.24, 2.45) is 0 Å². The van der Waals surface area contributed by atoms with Gasteiger partial charge in [0.1, 0.15) is 6.61 Å². The molecule has 1 atom stereocenters. The lowest BCUT2D eigenvalue weighted by Crippen LogP contribution is -2.29. The monoisotopic (exact) mass is 246 g/mol. The number of esters is 2. The lowest BCUT2D eigenvalue weighted by Gasteiger charge is -2.15. The molecule has 0 amide bonds. The van der Waals surface area contributed by atoms with Crippen molar-refractivity contribution < 1.29 is 23.8 Å². The van der Waals surface area contributed by atoms with Crippen LogP contribution in [-0.4, -0.2) is 37.9 Å². The van der Waals surface area contributed by atoms with Gasteiger partial charge in [-0.1, -0.05) is 19.8 Å². The molecule has 0 saturated carbocycles. The number of unbranched alkanes of at least 4 members (excludes halogenated alkanes) is 1. The van der Waals surface area contributed by atoms with Gasteiger partial charge in [-0.05, 0) is 20.3 Å². The molecular weight excluding hydrogens is 224 g/mol. The summed E-state index contributed by atoms with van der Waals surface area (Å²) in [4.78, 5) is 22.6. The maximum absolute atomic E-state index is 11.5. The number of hydrogen-bond acceptors (Lipinski definition) is 5. The van der Waals surface area contributed by atoms with Crippen LogP contribution < -0.4 is 0 Å². The maximum atomic E-state index is 11.5. The molecule has 0 aliphatic carbocycles. The molecule has 100 valence electrons. The van der Waals surface area contributed by atoms with Crippen LogP contribution in [0, 0.1) is 0 Å². The van der Waals surface area contributed by atoms with E-state index in [1.54, 1.807) is 13.8 Å². The molecule has 0 aromatic carbocycles. The van der Waals surface area contributed by atoms with E-state index in [9.17, 15) is 9.59 Å². The standard InChI is InChI=1S/C12H22O5/c1-4-7-8-10(12(14)16-6-3)17-9-11(13)15-5-2/h10H,4-9H2,1-3H3. The van der Waals surface area contributed by atoms with Gasteiger partial charge in [-0.2, -0.15) is 0 Å². The average molecular weight is 246 g/mol. The summed E-state index contributed by atoms with van der Waals surface area (Å²) in [6.45, 7) is 5.89. The van der Waals surface area contributed by atoms with E-state index in [1.165, 1.54) is 0 Å². The van der Waals surface area contributed by atoms with E-state index in [4.69, 9.17) is 14.2 Å². The Morgan fingerprint density at radius 3 is 2.24 bits per heavy atom. The third kappa shape index (κ3) is 7.74. The number of rotatable bonds is 9. The SMILES string of the molecule is CCCCC(OCC(=O)OCC)C(=O)OCC. The summed E-state index contributed by atoms with van der Waals surface area (Å²) in [6.07, 6.45) is 1.71. The molecule has 0 spiro atoms. The van der Waals surface area contributed by atoms with Crippen LogP contribution in [0.4, 0.5) is 0 Å². The van der Waals surface area contributed by atoms with E-state index < -0.39 is 18.0 Å². The van der Waals surface area contributed by atoms with Crippen molar-refractivity contribution >= 4 is 11.9 Å². The first-order valence-electron chi connectivity index (χ1n) is 6.09. The zero-order valence-electron chi connectivity index (χ0n) is 10.9. The topological polar surface area (TPSA) is 61.8 Å². The molecule has 5 heteroatoms. The fourth-order valence-corrected chi connectivity index (χ4v) is 1.27. The summed E-state index contributed by atoms with van der Waals surface area (Å²) in [5.41, 5.74) is 0. The number of ether oxygens (including phenoxy) is 3. The van der Waals surface area contributed by atoms with Crippen molar-refractivity contribution in [3.63, 3.8) is 0 Å². The molecule has 0 radical (unpaired) electrons. The van der Waals surface area contributed by atoms with Crippen molar-refractivity contribution in [2.75, 3.05) is 19.8 Å². The van der Waals surface area contributed by atoms with Crippen LogP contribution in [-0.2, 0) is 23.8 Å². The van der Waals surface area contributed by atoms with Crippen molar-refractivity contribution in [2.45, 2.75) is 46.1 Å². The highest BCUT2D eigenvalue weighted by Gasteiger charge is 2.21. The third-order valence-electron chi connectivity index (χ3n) is 2.08. The van der Waals surface area contributed by atoms with Crippen molar-refractivity contribution in [3.05, 3.63) is 0 Å². The Morgan fingerprint density at radius 2 is 1.71 bits per heavy atom. The molecule has 0 aromatic rings. The highest BCUT2D eigenvalue weighted by atomic mass is 16.6. The summed E-state index contributed by atoms with van der Waals surface area (Å²) in [6, 6.07) is 0. The van der Waals surface area contributed by atoms with Crippen molar-refractivity contribution in [1.29, 1.82) is 0 Å². The predicted octanol–water partition coefficient (Wildman–Crippen LogP) is 1.69. The zero-order valence-corrected chi connectivity index (χ0v) is 10.9. The molecule has 0 rings (SSSR count). The predicted molar refractivity (Wildman–Crippen MR) is 62.5 cm³/mol. The molecule has 0 aliphatic rings. The fraction of sp³-hybridized carbons (Fsp3) is 0.833. The van der Waals surface area contributed by atoms with Gasteiger partial charge in [-0.15, -0.1) is 0 Å². The van der Waals surface area contributed by atoms with E-state index in [0.29, 0.717) is 19.6 Å². The minimum Gasteiger partial charge on any atom is -0.464 e. The second-order valence-electron chi connectivity index (χ2n) is 3.50. The summed E-state index contributed by atoms with van der Waals surface area (Å²) < 4.78 is 14.8. The minimum absolute atomic E-state index is 0.207. The Balaban J connectivity index is 4.08. The molecule has 0 bridgehead atoms. The molecule has 0 aliphatic heterocycles. The van der Waals surface area contributed by atoms with E-state index in [0.717, 1.165) is 12.8 Å². The second kappa shape index (κ2) is 10.1. The second-order valence-corrected chi connectivity index (χ2v) is 3.50. The smallest absolute Gasteiger partial charge is 0.335 e. The summed E-state index contributed by atoms with van der Waals surface area (Å²) in [5.74, 6) is -0.872. The highest BCUT2D eigenvalue weighted by molar-refractivity contribution is 5.76. The first-order chi connectivity index (χ1) is 8.15. The van der Waals surface area contributed by atoms with Gasteiger partial charge < -0.3 is 14.2 Å². The molecule has 5 nitrogen and oxygen atoms in total. The molecule has 0 fully saturated rings.